The van der Waals surface area contributed by atoms with Crippen molar-refractivity contribution in [3.8, 4) is 0 Å². The number of halogens is 2. The number of amides is 1. The molecule has 30 heavy (non-hydrogen) atoms. The van der Waals surface area contributed by atoms with E-state index in [1.807, 2.05) is 6.07 Å². The van der Waals surface area contributed by atoms with Gasteiger partial charge < -0.3 is 15.2 Å². The summed E-state index contributed by atoms with van der Waals surface area (Å²) in [5.74, 6) is -1.89. The summed E-state index contributed by atoms with van der Waals surface area (Å²) >= 11 is 11.1. The molecule has 0 unspecified atom stereocenters. The molecule has 0 spiro atoms. The van der Waals surface area contributed by atoms with E-state index in [0.717, 1.165) is 5.56 Å². The zero-order valence-corrected chi connectivity index (χ0v) is 17.4. The van der Waals surface area contributed by atoms with Crippen LogP contribution in [0, 0.1) is 10.1 Å². The van der Waals surface area contributed by atoms with Crippen molar-refractivity contribution in [2.75, 3.05) is 6.61 Å². The smallest absolute Gasteiger partial charge is 0.313 e. The van der Waals surface area contributed by atoms with Gasteiger partial charge in [0.15, 0.2) is 4.84 Å². The number of hydrogen-bond acceptors (Lipinski definition) is 6. The van der Waals surface area contributed by atoms with Gasteiger partial charge in [0, 0.05) is 12.1 Å². The van der Waals surface area contributed by atoms with E-state index >= 15 is 0 Å². The average Bonchev–Trinajstić information content (AvgIpc) is 2.75. The van der Waals surface area contributed by atoms with Gasteiger partial charge in [0.25, 0.3) is 11.6 Å². The van der Waals surface area contributed by atoms with Crippen LogP contribution in [0.5, 0.6) is 0 Å². The summed E-state index contributed by atoms with van der Waals surface area (Å²) in [5.41, 5.74) is 0.871. The fourth-order valence-electron chi connectivity index (χ4n) is 2.66. The Balaban J connectivity index is 2.12. The van der Waals surface area contributed by atoms with E-state index in [-0.39, 0.29) is 17.9 Å². The van der Waals surface area contributed by atoms with Gasteiger partial charge in [-0.25, -0.2) is 0 Å². The third kappa shape index (κ3) is 6.41. The van der Waals surface area contributed by atoms with Gasteiger partial charge in [-0.1, -0.05) is 53.5 Å². The molecule has 0 aromatic heterocycles. The summed E-state index contributed by atoms with van der Waals surface area (Å²) in [6.07, 6.45) is -1.33. The molecule has 3 atom stereocenters. The Morgan fingerprint density at radius 1 is 1.10 bits per heavy atom. The first-order valence-corrected chi connectivity index (χ1v) is 9.80. The van der Waals surface area contributed by atoms with E-state index in [4.69, 9.17) is 27.9 Å². The molecule has 0 aliphatic carbocycles. The summed E-state index contributed by atoms with van der Waals surface area (Å²) in [7, 11) is 0. The molecule has 0 fully saturated rings. The van der Waals surface area contributed by atoms with Gasteiger partial charge in [0.1, 0.15) is 12.7 Å². The zero-order valence-electron chi connectivity index (χ0n) is 15.9. The number of ether oxygens (including phenoxy) is 1. The Bertz CT molecular complexity index is 877. The van der Waals surface area contributed by atoms with Gasteiger partial charge in [-0.05, 0) is 30.2 Å². The molecular formula is C20H20Cl2N2O6. The predicted molar refractivity (Wildman–Crippen MR) is 111 cm³/mol. The van der Waals surface area contributed by atoms with Crippen molar-refractivity contribution >= 4 is 40.8 Å². The molecule has 0 saturated heterocycles. The van der Waals surface area contributed by atoms with Gasteiger partial charge in [0.05, 0.1) is 16.9 Å². The fourth-order valence-corrected chi connectivity index (χ4v) is 2.78. The molecule has 0 aliphatic rings. The number of aliphatic hydroxyl groups is 1. The van der Waals surface area contributed by atoms with Crippen LogP contribution in [0.2, 0.25) is 0 Å². The van der Waals surface area contributed by atoms with Crippen LogP contribution in [0.25, 0.3) is 0 Å². The lowest BCUT2D eigenvalue weighted by atomic mass is 10.0. The average molecular weight is 455 g/mol. The van der Waals surface area contributed by atoms with Crippen molar-refractivity contribution in [3.05, 3.63) is 75.8 Å². The first-order valence-electron chi connectivity index (χ1n) is 8.93. The Morgan fingerprint density at radius 2 is 1.70 bits per heavy atom. The molecule has 2 aromatic rings. The van der Waals surface area contributed by atoms with Gasteiger partial charge >= 0.3 is 5.97 Å². The van der Waals surface area contributed by atoms with Crippen LogP contribution in [0.3, 0.4) is 0 Å². The number of carbonyl (C=O) groups excluding carboxylic acids is 2. The number of rotatable bonds is 9. The first-order chi connectivity index (χ1) is 14.2. The number of alkyl halides is 2. The lowest BCUT2D eigenvalue weighted by molar-refractivity contribution is -0.384. The van der Waals surface area contributed by atoms with Crippen LogP contribution in [0.1, 0.15) is 30.1 Å². The van der Waals surface area contributed by atoms with Gasteiger partial charge in [-0.15, -0.1) is 0 Å². The summed E-state index contributed by atoms with van der Waals surface area (Å²) in [5, 5.41) is 23.9. The minimum atomic E-state index is -1.39. The Hall–Kier alpha value is -2.68. The SMILES string of the molecule is C[C@@H](C(=O)OC[C@@H](NC(=O)C(Cl)Cl)[C@H](O)c1ccc([N+](=O)[O-])cc1)c1ccccc1. The molecule has 8 nitrogen and oxygen atoms in total. The summed E-state index contributed by atoms with van der Waals surface area (Å²) in [6, 6.07) is 13.0. The highest BCUT2D eigenvalue weighted by molar-refractivity contribution is 6.53. The van der Waals surface area contributed by atoms with Gasteiger partial charge in [-0.3, -0.25) is 19.7 Å². The van der Waals surface area contributed by atoms with Crippen LogP contribution in [-0.4, -0.2) is 39.4 Å². The Labute approximate surface area is 182 Å². The highest BCUT2D eigenvalue weighted by atomic mass is 35.5. The van der Waals surface area contributed by atoms with Crippen LogP contribution in [-0.2, 0) is 14.3 Å². The van der Waals surface area contributed by atoms with Crippen molar-refractivity contribution in [1.82, 2.24) is 5.32 Å². The largest absolute Gasteiger partial charge is 0.463 e. The number of nitrogens with one attached hydrogen (secondary N) is 1. The third-order valence-electron chi connectivity index (χ3n) is 4.41. The second kappa shape index (κ2) is 10.9. The molecule has 0 radical (unpaired) electrons. The molecule has 160 valence electrons. The molecule has 2 aromatic carbocycles. The highest BCUT2D eigenvalue weighted by Crippen LogP contribution is 2.22. The standard InChI is InChI=1S/C20H20Cl2N2O6/c1-12(13-5-3-2-4-6-13)20(27)30-11-16(23-19(26)18(21)22)17(25)14-7-9-15(10-8-14)24(28)29/h2-10,12,16-18,25H,11H2,1H3,(H,23,26)/t12-,16-,17-/m1/s1. The van der Waals surface area contributed by atoms with Crippen molar-refractivity contribution in [3.63, 3.8) is 0 Å². The maximum absolute atomic E-state index is 12.4. The second-order valence-electron chi connectivity index (χ2n) is 6.47. The van der Waals surface area contributed by atoms with Crippen molar-refractivity contribution in [2.45, 2.75) is 29.8 Å². The van der Waals surface area contributed by atoms with Crippen LogP contribution < -0.4 is 5.32 Å². The maximum Gasteiger partial charge on any atom is 0.313 e. The van der Waals surface area contributed by atoms with Crippen LogP contribution in [0.15, 0.2) is 54.6 Å². The summed E-state index contributed by atoms with van der Waals surface area (Å²) in [6.45, 7) is 1.31. The number of non-ortho nitro benzene ring substituents is 1. The number of esters is 1. The van der Waals surface area contributed by atoms with Gasteiger partial charge in [0.2, 0.25) is 0 Å². The second-order valence-corrected chi connectivity index (χ2v) is 7.57. The third-order valence-corrected chi connectivity index (χ3v) is 4.81. The normalized spacial score (nSPS) is 13.9. The predicted octanol–water partition coefficient (Wildman–Crippen LogP) is 3.26. The molecule has 0 bridgehead atoms. The quantitative estimate of drug-likeness (QED) is 0.259. The Kier molecular flexibility index (Phi) is 8.58. The first kappa shape index (κ1) is 23.6. The van der Waals surface area contributed by atoms with Crippen LogP contribution >= 0.6 is 23.2 Å². The number of nitrogens with zero attached hydrogens (tertiary/aromatic N) is 1. The van der Waals surface area contributed by atoms with E-state index in [2.05, 4.69) is 5.32 Å². The molecule has 2 rings (SSSR count). The monoisotopic (exact) mass is 454 g/mol. The highest BCUT2D eigenvalue weighted by Gasteiger charge is 2.28. The van der Waals surface area contributed by atoms with Crippen LogP contribution in [0.4, 0.5) is 5.69 Å². The Morgan fingerprint density at radius 3 is 2.23 bits per heavy atom. The van der Waals surface area contributed by atoms with Crippen molar-refractivity contribution in [2.24, 2.45) is 0 Å². The van der Waals surface area contributed by atoms with Crippen molar-refractivity contribution < 1.29 is 24.4 Å². The lowest BCUT2D eigenvalue weighted by Gasteiger charge is -2.25. The zero-order chi connectivity index (χ0) is 22.3. The van der Waals surface area contributed by atoms with E-state index in [0.29, 0.717) is 0 Å². The topological polar surface area (TPSA) is 119 Å². The number of carbonyl (C=O) groups is 2. The fraction of sp³-hybridized carbons (Fsp3) is 0.300. The summed E-state index contributed by atoms with van der Waals surface area (Å²) < 4.78 is 5.30. The molecule has 0 saturated carbocycles. The molecule has 0 heterocycles. The van der Waals surface area contributed by atoms with E-state index in [9.17, 15) is 24.8 Å². The number of nitro benzene ring substituents is 1. The minimum absolute atomic E-state index is 0.156. The minimum Gasteiger partial charge on any atom is -0.463 e. The molecule has 10 heteroatoms. The van der Waals surface area contributed by atoms with E-state index in [1.165, 1.54) is 24.3 Å². The molecule has 1 amide bonds. The summed E-state index contributed by atoms with van der Waals surface area (Å²) in [4.78, 5) is 33.1. The molecule has 0 aliphatic heterocycles. The maximum atomic E-state index is 12.4. The number of aliphatic hydroxyl groups excluding tert-OH is 1. The number of nitro groups is 1. The van der Waals surface area contributed by atoms with E-state index < -0.39 is 39.7 Å². The number of benzene rings is 2. The van der Waals surface area contributed by atoms with E-state index in [1.54, 1.807) is 31.2 Å². The molecular weight excluding hydrogens is 435 g/mol. The number of hydrogen-bond donors (Lipinski definition) is 2. The van der Waals surface area contributed by atoms with Crippen molar-refractivity contribution in [1.29, 1.82) is 0 Å². The van der Waals surface area contributed by atoms with Gasteiger partial charge in [-0.2, -0.15) is 0 Å². The lowest BCUT2D eigenvalue weighted by Crippen LogP contribution is -2.45. The molecule has 2 N–H and O–H groups in total.